The first-order valence-corrected chi connectivity index (χ1v) is 10.1. The summed E-state index contributed by atoms with van der Waals surface area (Å²) < 4.78 is 6.49. The number of hydrogen-bond donors (Lipinski definition) is 0. The monoisotopic (exact) mass is 417 g/mol. The lowest BCUT2D eigenvalue weighted by molar-refractivity contribution is -0.146. The van der Waals surface area contributed by atoms with Crippen LogP contribution >= 0.6 is 15.9 Å². The molecule has 0 N–H and O–H groups in total. The number of rotatable bonds is 5. The number of hydrogen-bond acceptors (Lipinski definition) is 4. The van der Waals surface area contributed by atoms with Gasteiger partial charge in [-0.3, -0.25) is 14.6 Å². The molecule has 1 aliphatic heterocycles. The van der Waals surface area contributed by atoms with Crippen LogP contribution in [0.4, 0.5) is 0 Å². The Morgan fingerprint density at radius 3 is 2.69 bits per heavy atom. The molecule has 0 saturated carbocycles. The minimum Gasteiger partial charge on any atom is -0.465 e. The zero-order valence-corrected chi connectivity index (χ0v) is 16.8. The summed E-state index contributed by atoms with van der Waals surface area (Å²) in [5, 5.41) is 0. The SMILES string of the molecule is CCCCOC(=O)C1C(C)=NC2=C(C(=O)CCC2)[C@H]1c1ccc(Br)cc1. The average Bonchev–Trinajstić information content (AvgIpc) is 2.61. The molecule has 0 radical (unpaired) electrons. The van der Waals surface area contributed by atoms with Crippen LogP contribution in [0.1, 0.15) is 57.4 Å². The Morgan fingerprint density at radius 2 is 2.00 bits per heavy atom. The summed E-state index contributed by atoms with van der Waals surface area (Å²) in [7, 11) is 0. The molecule has 4 nitrogen and oxygen atoms in total. The maximum absolute atomic E-state index is 12.9. The van der Waals surface area contributed by atoms with Gasteiger partial charge in [0.2, 0.25) is 0 Å². The predicted octanol–water partition coefficient (Wildman–Crippen LogP) is 4.97. The lowest BCUT2D eigenvalue weighted by Gasteiger charge is -2.34. The van der Waals surface area contributed by atoms with Crippen molar-refractivity contribution >= 4 is 33.4 Å². The molecule has 0 amide bonds. The quantitative estimate of drug-likeness (QED) is 0.501. The summed E-state index contributed by atoms with van der Waals surface area (Å²) in [6, 6.07) is 7.85. The third-order valence-corrected chi connectivity index (χ3v) is 5.59. The number of halogens is 1. The van der Waals surface area contributed by atoms with E-state index in [4.69, 9.17) is 4.74 Å². The van der Waals surface area contributed by atoms with Crippen LogP contribution in [0.15, 0.2) is 45.0 Å². The molecular formula is C21H24BrNO3. The highest BCUT2D eigenvalue weighted by molar-refractivity contribution is 9.10. The maximum Gasteiger partial charge on any atom is 0.315 e. The zero-order valence-electron chi connectivity index (χ0n) is 15.3. The van der Waals surface area contributed by atoms with E-state index in [0.717, 1.165) is 47.1 Å². The number of ketones is 1. The number of carbonyl (C=O) groups is 2. The number of nitrogens with zero attached hydrogens (tertiary/aromatic N) is 1. The van der Waals surface area contributed by atoms with Gasteiger partial charge in [-0.15, -0.1) is 0 Å². The number of esters is 1. The van der Waals surface area contributed by atoms with Crippen LogP contribution in [-0.4, -0.2) is 24.1 Å². The molecule has 0 aromatic heterocycles. The van der Waals surface area contributed by atoms with E-state index in [1.165, 1.54) is 0 Å². The molecule has 26 heavy (non-hydrogen) atoms. The summed E-state index contributed by atoms with van der Waals surface area (Å²) in [4.78, 5) is 30.2. The van der Waals surface area contributed by atoms with Gasteiger partial charge in [0, 0.05) is 33.8 Å². The van der Waals surface area contributed by atoms with E-state index in [1.807, 2.05) is 31.2 Å². The number of aliphatic imine (C=N–C) groups is 1. The summed E-state index contributed by atoms with van der Waals surface area (Å²) in [5.74, 6) is -1.01. The molecule has 1 heterocycles. The molecule has 138 valence electrons. The summed E-state index contributed by atoms with van der Waals surface area (Å²) in [6.07, 6.45) is 3.95. The average molecular weight is 418 g/mol. The normalized spacial score (nSPS) is 22.7. The Bertz CT molecular complexity index is 764. The number of Topliss-reactive ketones (excluding diaryl/α,β-unsaturated/α-hetero) is 1. The molecule has 0 bridgehead atoms. The summed E-state index contributed by atoms with van der Waals surface area (Å²) >= 11 is 3.45. The lowest BCUT2D eigenvalue weighted by atomic mass is 9.72. The molecule has 3 rings (SSSR count). The van der Waals surface area contributed by atoms with Crippen molar-refractivity contribution in [2.75, 3.05) is 6.61 Å². The Hall–Kier alpha value is -1.75. The van der Waals surface area contributed by atoms with Crippen LogP contribution in [0.2, 0.25) is 0 Å². The third kappa shape index (κ3) is 3.83. The third-order valence-electron chi connectivity index (χ3n) is 5.06. The smallest absolute Gasteiger partial charge is 0.315 e. The molecule has 0 saturated heterocycles. The Kier molecular flexibility index (Phi) is 6.07. The van der Waals surface area contributed by atoms with Crippen LogP contribution in [0.5, 0.6) is 0 Å². The highest BCUT2D eigenvalue weighted by Crippen LogP contribution is 2.43. The van der Waals surface area contributed by atoms with E-state index in [-0.39, 0.29) is 17.7 Å². The molecular weight excluding hydrogens is 394 g/mol. The highest BCUT2D eigenvalue weighted by atomic mass is 79.9. The first-order chi connectivity index (χ1) is 12.5. The fourth-order valence-electron chi connectivity index (χ4n) is 3.75. The second-order valence-corrected chi connectivity index (χ2v) is 7.83. The van der Waals surface area contributed by atoms with Crippen LogP contribution in [-0.2, 0) is 14.3 Å². The Labute approximate surface area is 162 Å². The molecule has 1 aromatic rings. The fraction of sp³-hybridized carbons (Fsp3) is 0.476. The van der Waals surface area contributed by atoms with E-state index >= 15 is 0 Å². The molecule has 2 aliphatic rings. The molecule has 1 unspecified atom stereocenters. The first-order valence-electron chi connectivity index (χ1n) is 9.26. The number of allylic oxidation sites excluding steroid dienone is 2. The molecule has 1 aliphatic carbocycles. The van der Waals surface area contributed by atoms with Gasteiger partial charge in [-0.1, -0.05) is 41.4 Å². The van der Waals surface area contributed by atoms with Crippen LogP contribution in [0, 0.1) is 5.92 Å². The Balaban J connectivity index is 2.02. The van der Waals surface area contributed by atoms with Gasteiger partial charge in [0.05, 0.1) is 6.61 Å². The van der Waals surface area contributed by atoms with Crippen molar-refractivity contribution in [2.24, 2.45) is 10.9 Å². The van der Waals surface area contributed by atoms with E-state index in [2.05, 4.69) is 27.8 Å². The van der Waals surface area contributed by atoms with Crippen LogP contribution in [0.3, 0.4) is 0 Å². The molecule has 2 atom stereocenters. The molecule has 5 heteroatoms. The molecule has 1 aromatic carbocycles. The standard InChI is InChI=1S/C21H24BrNO3/c1-3-4-12-26-21(25)18-13(2)23-16-6-5-7-17(24)20(16)19(18)14-8-10-15(22)11-9-14/h8-11,18-19H,3-7,12H2,1-2H3/t18?,19-/m0/s1. The van der Waals surface area contributed by atoms with Crippen molar-refractivity contribution in [3.8, 4) is 0 Å². The largest absolute Gasteiger partial charge is 0.465 e. The van der Waals surface area contributed by atoms with Crippen molar-refractivity contribution < 1.29 is 14.3 Å². The van der Waals surface area contributed by atoms with E-state index in [0.29, 0.717) is 18.6 Å². The van der Waals surface area contributed by atoms with Gasteiger partial charge in [-0.05, 0) is 43.9 Å². The van der Waals surface area contributed by atoms with Gasteiger partial charge >= 0.3 is 5.97 Å². The molecule has 0 spiro atoms. The van der Waals surface area contributed by atoms with Gasteiger partial charge in [-0.25, -0.2) is 0 Å². The van der Waals surface area contributed by atoms with E-state index in [1.54, 1.807) is 0 Å². The summed E-state index contributed by atoms with van der Waals surface area (Å²) in [5.41, 5.74) is 3.27. The number of carbonyl (C=O) groups excluding carboxylic acids is 2. The van der Waals surface area contributed by atoms with Gasteiger partial charge < -0.3 is 4.74 Å². The van der Waals surface area contributed by atoms with Crippen molar-refractivity contribution in [3.05, 3.63) is 45.6 Å². The fourth-order valence-corrected chi connectivity index (χ4v) is 4.01. The molecule has 0 fully saturated rings. The second-order valence-electron chi connectivity index (χ2n) is 6.92. The van der Waals surface area contributed by atoms with Crippen molar-refractivity contribution in [3.63, 3.8) is 0 Å². The number of unbranched alkanes of at least 4 members (excludes halogenated alkanes) is 1. The Morgan fingerprint density at radius 1 is 1.27 bits per heavy atom. The van der Waals surface area contributed by atoms with Gasteiger partial charge in [0.1, 0.15) is 5.92 Å². The minimum atomic E-state index is -0.533. The predicted molar refractivity (Wildman–Crippen MR) is 105 cm³/mol. The van der Waals surface area contributed by atoms with Crippen molar-refractivity contribution in [1.82, 2.24) is 0 Å². The van der Waals surface area contributed by atoms with Crippen molar-refractivity contribution in [1.29, 1.82) is 0 Å². The van der Waals surface area contributed by atoms with Crippen molar-refractivity contribution in [2.45, 2.75) is 51.9 Å². The number of benzene rings is 1. The van der Waals surface area contributed by atoms with E-state index < -0.39 is 5.92 Å². The van der Waals surface area contributed by atoms with Gasteiger partial charge in [-0.2, -0.15) is 0 Å². The lowest BCUT2D eigenvalue weighted by Crippen LogP contribution is -2.37. The second kappa shape index (κ2) is 8.30. The topological polar surface area (TPSA) is 55.7 Å². The van der Waals surface area contributed by atoms with E-state index in [9.17, 15) is 9.59 Å². The number of ether oxygens (including phenoxy) is 1. The highest BCUT2D eigenvalue weighted by Gasteiger charge is 2.43. The first kappa shape index (κ1) is 19.0. The zero-order chi connectivity index (χ0) is 18.7. The van der Waals surface area contributed by atoms with Crippen LogP contribution in [0.25, 0.3) is 0 Å². The minimum absolute atomic E-state index is 0.113. The maximum atomic E-state index is 12.9. The van der Waals surface area contributed by atoms with Gasteiger partial charge in [0.15, 0.2) is 5.78 Å². The summed E-state index contributed by atoms with van der Waals surface area (Å²) in [6.45, 7) is 4.34. The van der Waals surface area contributed by atoms with Crippen LogP contribution < -0.4 is 0 Å². The van der Waals surface area contributed by atoms with Gasteiger partial charge in [0.25, 0.3) is 0 Å².